The lowest BCUT2D eigenvalue weighted by Gasteiger charge is -2.18. The highest BCUT2D eigenvalue weighted by molar-refractivity contribution is 5.71. The second-order valence-corrected chi connectivity index (χ2v) is 21.0. The lowest BCUT2D eigenvalue weighted by molar-refractivity contribution is -0.167. The first kappa shape index (κ1) is 69.8. The predicted molar refractivity (Wildman–Crippen MR) is 316 cm³/mol. The van der Waals surface area contributed by atoms with Crippen LogP contribution in [0.3, 0.4) is 0 Å². The topological polar surface area (TPSA) is 78.9 Å². The minimum Gasteiger partial charge on any atom is -0.462 e. The number of carbonyl (C=O) groups excluding carboxylic acids is 3. The van der Waals surface area contributed by atoms with Crippen molar-refractivity contribution in [3.63, 3.8) is 0 Å². The molecule has 0 aromatic carbocycles. The van der Waals surface area contributed by atoms with E-state index in [9.17, 15) is 14.4 Å². The van der Waals surface area contributed by atoms with Crippen molar-refractivity contribution in [2.24, 2.45) is 0 Å². The van der Waals surface area contributed by atoms with E-state index in [0.717, 1.165) is 96.3 Å². The fourth-order valence-corrected chi connectivity index (χ4v) is 8.87. The van der Waals surface area contributed by atoms with Gasteiger partial charge in [0.05, 0.1) is 0 Å². The van der Waals surface area contributed by atoms with Crippen molar-refractivity contribution in [1.29, 1.82) is 0 Å². The van der Waals surface area contributed by atoms with Gasteiger partial charge >= 0.3 is 17.9 Å². The number of carbonyl (C=O) groups is 3. The Morgan fingerprint density at radius 3 is 0.822 bits per heavy atom. The van der Waals surface area contributed by atoms with Gasteiger partial charge in [-0.3, -0.25) is 14.4 Å². The second-order valence-electron chi connectivity index (χ2n) is 21.0. The second kappa shape index (κ2) is 61.4. The Labute approximate surface area is 453 Å². The third-order valence-electron chi connectivity index (χ3n) is 13.7. The fourth-order valence-electron chi connectivity index (χ4n) is 8.87. The van der Waals surface area contributed by atoms with E-state index < -0.39 is 6.10 Å². The van der Waals surface area contributed by atoms with E-state index in [4.69, 9.17) is 14.2 Å². The van der Waals surface area contributed by atoms with Crippen LogP contribution in [0.1, 0.15) is 316 Å². The van der Waals surface area contributed by atoms with Gasteiger partial charge in [0.15, 0.2) is 6.10 Å². The van der Waals surface area contributed by atoms with Crippen LogP contribution in [0.2, 0.25) is 0 Å². The lowest BCUT2D eigenvalue weighted by atomic mass is 10.0. The molecule has 0 heterocycles. The van der Waals surface area contributed by atoms with Crippen molar-refractivity contribution in [3.05, 3.63) is 72.9 Å². The normalized spacial score (nSPS) is 12.5. The lowest BCUT2D eigenvalue weighted by Crippen LogP contribution is -2.30. The van der Waals surface area contributed by atoms with Crippen LogP contribution >= 0.6 is 0 Å². The summed E-state index contributed by atoms with van der Waals surface area (Å²) < 4.78 is 16.9. The molecule has 0 saturated carbocycles. The van der Waals surface area contributed by atoms with Gasteiger partial charge in [0.2, 0.25) is 0 Å². The number of hydrogen-bond acceptors (Lipinski definition) is 6. The summed E-state index contributed by atoms with van der Waals surface area (Å²) >= 11 is 0. The molecule has 0 N–H and O–H groups in total. The number of rotatable bonds is 57. The van der Waals surface area contributed by atoms with E-state index in [1.54, 1.807) is 0 Å². The van der Waals surface area contributed by atoms with Gasteiger partial charge in [-0.25, -0.2) is 0 Å². The SMILES string of the molecule is CCCC/C=C\CCCCCCCC(=O)OCC(COC(=O)CCCCCCCCCCCCC/C=C\C/C=C\CCCCCCC)OC(=O)CCCCCCCC/C=C\C/C=C\C/C=C\CCCCCCC. The first-order chi connectivity index (χ1) is 36.0. The molecule has 0 aromatic rings. The van der Waals surface area contributed by atoms with Crippen LogP contribution in [-0.4, -0.2) is 37.2 Å². The number of allylic oxidation sites excluding steroid dienone is 12. The van der Waals surface area contributed by atoms with Gasteiger partial charge in [-0.1, -0.05) is 261 Å². The molecule has 0 aromatic heterocycles. The van der Waals surface area contributed by atoms with Gasteiger partial charge in [0.1, 0.15) is 13.2 Å². The average Bonchev–Trinajstić information content (AvgIpc) is 3.39. The van der Waals surface area contributed by atoms with Crippen molar-refractivity contribution in [3.8, 4) is 0 Å². The molecular formula is C67H118O6. The van der Waals surface area contributed by atoms with Crippen LogP contribution in [0.5, 0.6) is 0 Å². The molecule has 0 aliphatic rings. The van der Waals surface area contributed by atoms with E-state index in [1.165, 1.54) is 180 Å². The first-order valence-electron chi connectivity index (χ1n) is 31.4. The Hall–Kier alpha value is -3.15. The Bertz CT molecular complexity index is 1360. The van der Waals surface area contributed by atoms with E-state index in [-0.39, 0.29) is 31.1 Å². The highest BCUT2D eigenvalue weighted by Crippen LogP contribution is 2.16. The molecule has 0 spiro atoms. The molecule has 0 aliphatic heterocycles. The molecule has 6 heteroatoms. The van der Waals surface area contributed by atoms with E-state index in [2.05, 4.69) is 93.7 Å². The van der Waals surface area contributed by atoms with E-state index in [0.29, 0.717) is 19.3 Å². The summed E-state index contributed by atoms with van der Waals surface area (Å²) in [5.74, 6) is -0.897. The molecule has 0 fully saturated rings. The molecule has 0 radical (unpaired) electrons. The average molecular weight is 1020 g/mol. The Morgan fingerprint density at radius 2 is 0.507 bits per heavy atom. The smallest absolute Gasteiger partial charge is 0.306 e. The van der Waals surface area contributed by atoms with Crippen molar-refractivity contribution in [1.82, 2.24) is 0 Å². The standard InChI is InChI=1S/C67H118O6/c1-4-7-10-13-16-19-22-24-26-28-30-32-33-35-36-38-40-42-45-48-51-54-57-60-66(69)72-63-64(62-71-65(68)59-56-53-50-47-44-21-18-15-12-9-6-3)73-67(70)61-58-55-52-49-46-43-41-39-37-34-31-29-27-25-23-20-17-14-11-8-5-2/h15,18,22-25,28-31,37,39,64H,4-14,16-17,19-21,26-27,32-36,38,40-63H2,1-3H3/b18-15-,24-22-,25-23-,30-28-,31-29-,39-37-. The summed E-state index contributed by atoms with van der Waals surface area (Å²) in [5.41, 5.74) is 0. The molecule has 0 saturated heterocycles. The Kier molecular flexibility index (Phi) is 58.7. The van der Waals surface area contributed by atoms with Crippen LogP contribution in [-0.2, 0) is 28.6 Å². The summed E-state index contributed by atoms with van der Waals surface area (Å²) in [5, 5.41) is 0. The molecular weight excluding hydrogens is 901 g/mol. The number of esters is 3. The van der Waals surface area contributed by atoms with Crippen molar-refractivity contribution in [2.75, 3.05) is 13.2 Å². The summed E-state index contributed by atoms with van der Waals surface area (Å²) in [7, 11) is 0. The number of unbranched alkanes of at least 4 members (excludes halogenated alkanes) is 34. The maximum atomic E-state index is 12.9. The van der Waals surface area contributed by atoms with Crippen LogP contribution in [0.4, 0.5) is 0 Å². The highest BCUT2D eigenvalue weighted by Gasteiger charge is 2.19. The number of hydrogen-bond donors (Lipinski definition) is 0. The van der Waals surface area contributed by atoms with Crippen LogP contribution in [0.15, 0.2) is 72.9 Å². The molecule has 6 nitrogen and oxygen atoms in total. The maximum Gasteiger partial charge on any atom is 0.306 e. The van der Waals surface area contributed by atoms with Gasteiger partial charge in [-0.05, 0) is 109 Å². The predicted octanol–water partition coefficient (Wildman–Crippen LogP) is 21.3. The van der Waals surface area contributed by atoms with E-state index >= 15 is 0 Å². The quantitative estimate of drug-likeness (QED) is 0.0261. The van der Waals surface area contributed by atoms with Gasteiger partial charge in [0.25, 0.3) is 0 Å². The summed E-state index contributed by atoms with van der Waals surface area (Å²) in [6.45, 7) is 6.59. The summed E-state index contributed by atoms with van der Waals surface area (Å²) in [6.07, 6.45) is 79.0. The number of ether oxygens (including phenoxy) is 3. The molecule has 0 aliphatic carbocycles. The van der Waals surface area contributed by atoms with Gasteiger partial charge in [-0.2, -0.15) is 0 Å². The van der Waals surface area contributed by atoms with Crippen molar-refractivity contribution < 1.29 is 28.6 Å². The third-order valence-corrected chi connectivity index (χ3v) is 13.7. The van der Waals surface area contributed by atoms with Crippen LogP contribution in [0, 0.1) is 0 Å². The minimum absolute atomic E-state index is 0.0835. The van der Waals surface area contributed by atoms with Crippen LogP contribution in [0.25, 0.3) is 0 Å². The zero-order valence-corrected chi connectivity index (χ0v) is 48.4. The van der Waals surface area contributed by atoms with Gasteiger partial charge in [0, 0.05) is 19.3 Å². The third kappa shape index (κ3) is 59.6. The fraction of sp³-hybridized carbons (Fsp3) is 0.776. The maximum absolute atomic E-state index is 12.9. The van der Waals surface area contributed by atoms with Gasteiger partial charge < -0.3 is 14.2 Å². The van der Waals surface area contributed by atoms with Crippen molar-refractivity contribution in [2.45, 2.75) is 322 Å². The van der Waals surface area contributed by atoms with Gasteiger partial charge in [-0.15, -0.1) is 0 Å². The molecule has 73 heavy (non-hydrogen) atoms. The Balaban J connectivity index is 4.31. The minimum atomic E-state index is -0.787. The summed E-state index contributed by atoms with van der Waals surface area (Å²) in [6, 6.07) is 0. The monoisotopic (exact) mass is 1020 g/mol. The van der Waals surface area contributed by atoms with E-state index in [1.807, 2.05) is 0 Å². The molecule has 1 atom stereocenters. The zero-order chi connectivity index (χ0) is 52.9. The molecule has 0 amide bonds. The van der Waals surface area contributed by atoms with Crippen LogP contribution < -0.4 is 0 Å². The van der Waals surface area contributed by atoms with Crippen molar-refractivity contribution >= 4 is 17.9 Å². The molecule has 1 unspecified atom stereocenters. The zero-order valence-electron chi connectivity index (χ0n) is 48.4. The molecule has 0 bridgehead atoms. The first-order valence-corrected chi connectivity index (χ1v) is 31.4. The molecule has 422 valence electrons. The Morgan fingerprint density at radius 1 is 0.274 bits per heavy atom. The molecule has 0 rings (SSSR count). The highest BCUT2D eigenvalue weighted by atomic mass is 16.6. The largest absolute Gasteiger partial charge is 0.462 e. The summed E-state index contributed by atoms with van der Waals surface area (Å²) in [4.78, 5) is 38.2.